The zero-order valence-electron chi connectivity index (χ0n) is 12.4. The molecule has 2 fully saturated rings. The molecule has 21 heavy (non-hydrogen) atoms. The second kappa shape index (κ2) is 5.51. The summed E-state index contributed by atoms with van der Waals surface area (Å²) in [6, 6.07) is 7.93. The average Bonchev–Trinajstić information content (AvgIpc) is 3.12. The lowest BCUT2D eigenvalue weighted by atomic mass is 10.0. The Bertz CT molecular complexity index is 558. The van der Waals surface area contributed by atoms with Gasteiger partial charge < -0.3 is 10.6 Å². The highest BCUT2D eigenvalue weighted by atomic mass is 16.2. The summed E-state index contributed by atoms with van der Waals surface area (Å²) in [4.78, 5) is 24.9. The molecule has 0 bridgehead atoms. The Morgan fingerprint density at radius 3 is 2.48 bits per heavy atom. The van der Waals surface area contributed by atoms with Crippen LogP contribution in [0.3, 0.4) is 0 Å². The topological polar surface area (TPSA) is 58.2 Å². The Kier molecular flexibility index (Phi) is 3.70. The summed E-state index contributed by atoms with van der Waals surface area (Å²) in [6.07, 6.45) is 5.75. The van der Waals surface area contributed by atoms with Gasteiger partial charge in [0.15, 0.2) is 0 Å². The van der Waals surface area contributed by atoms with Crippen molar-refractivity contribution < 1.29 is 9.59 Å². The van der Waals surface area contributed by atoms with Gasteiger partial charge in [-0.2, -0.15) is 0 Å². The van der Waals surface area contributed by atoms with Crippen molar-refractivity contribution in [3.05, 3.63) is 29.8 Å². The van der Waals surface area contributed by atoms with E-state index < -0.39 is 5.41 Å². The zero-order valence-corrected chi connectivity index (χ0v) is 12.4. The van der Waals surface area contributed by atoms with Crippen LogP contribution < -0.4 is 10.6 Å². The van der Waals surface area contributed by atoms with Gasteiger partial charge in [0.1, 0.15) is 5.41 Å². The first-order chi connectivity index (χ1) is 10.1. The fraction of sp³-hybridized carbons (Fsp3) is 0.529. The maximum Gasteiger partial charge on any atom is 0.240 e. The van der Waals surface area contributed by atoms with E-state index in [1.807, 2.05) is 31.2 Å². The van der Waals surface area contributed by atoms with Gasteiger partial charge in [-0.3, -0.25) is 9.59 Å². The Hall–Kier alpha value is -1.84. The Labute approximate surface area is 125 Å². The minimum absolute atomic E-state index is 0.0837. The molecule has 0 atom stereocenters. The van der Waals surface area contributed by atoms with Crippen LogP contribution in [0.2, 0.25) is 0 Å². The van der Waals surface area contributed by atoms with E-state index in [2.05, 4.69) is 10.6 Å². The fourth-order valence-electron chi connectivity index (χ4n) is 3.05. The van der Waals surface area contributed by atoms with Gasteiger partial charge in [-0.15, -0.1) is 0 Å². The summed E-state index contributed by atoms with van der Waals surface area (Å²) in [5, 5.41) is 5.95. The maximum atomic E-state index is 12.5. The van der Waals surface area contributed by atoms with Crippen molar-refractivity contribution >= 4 is 17.5 Å². The third-order valence-electron chi connectivity index (χ3n) is 4.59. The van der Waals surface area contributed by atoms with E-state index in [1.165, 1.54) is 12.8 Å². The molecule has 2 saturated carbocycles. The number of nitrogens with one attached hydrogen (secondary N) is 2. The van der Waals surface area contributed by atoms with Crippen molar-refractivity contribution in [2.75, 3.05) is 5.32 Å². The van der Waals surface area contributed by atoms with Gasteiger partial charge in [0.25, 0.3) is 0 Å². The molecule has 1 aromatic rings. The predicted octanol–water partition coefficient (Wildman–Crippen LogP) is 2.77. The largest absolute Gasteiger partial charge is 0.352 e. The molecule has 0 saturated heterocycles. The molecule has 0 aromatic heterocycles. The lowest BCUT2D eigenvalue weighted by Crippen LogP contribution is -2.43. The molecular formula is C17H22N2O2. The third kappa shape index (κ3) is 2.94. The molecule has 2 aliphatic carbocycles. The SMILES string of the molecule is Cc1cccc(NC(=O)C2(C(=O)NC3CCCC3)CC2)c1. The van der Waals surface area contributed by atoms with Crippen molar-refractivity contribution in [1.29, 1.82) is 0 Å². The summed E-state index contributed by atoms with van der Waals surface area (Å²) >= 11 is 0. The molecule has 0 heterocycles. The number of anilines is 1. The van der Waals surface area contributed by atoms with Crippen LogP contribution in [-0.2, 0) is 9.59 Å². The summed E-state index contributed by atoms with van der Waals surface area (Å²) in [5.41, 5.74) is 1.03. The van der Waals surface area contributed by atoms with Gasteiger partial charge >= 0.3 is 0 Å². The second-order valence-electron chi connectivity index (χ2n) is 6.36. The molecule has 112 valence electrons. The highest BCUT2D eigenvalue weighted by Crippen LogP contribution is 2.47. The van der Waals surface area contributed by atoms with Crippen molar-refractivity contribution in [2.45, 2.75) is 51.5 Å². The molecule has 4 nitrogen and oxygen atoms in total. The summed E-state index contributed by atoms with van der Waals surface area (Å²) < 4.78 is 0. The number of rotatable bonds is 4. The quantitative estimate of drug-likeness (QED) is 0.836. The Balaban J connectivity index is 1.64. The average molecular weight is 286 g/mol. The molecular weight excluding hydrogens is 264 g/mol. The Morgan fingerprint density at radius 1 is 1.14 bits per heavy atom. The minimum atomic E-state index is -0.827. The van der Waals surface area contributed by atoms with Crippen LogP contribution in [0.1, 0.15) is 44.1 Å². The zero-order chi connectivity index (χ0) is 14.9. The van der Waals surface area contributed by atoms with Crippen LogP contribution in [-0.4, -0.2) is 17.9 Å². The van der Waals surface area contributed by atoms with E-state index in [1.54, 1.807) is 0 Å². The smallest absolute Gasteiger partial charge is 0.240 e. The van der Waals surface area contributed by atoms with Crippen LogP contribution in [0.25, 0.3) is 0 Å². The van der Waals surface area contributed by atoms with Crippen LogP contribution in [0.5, 0.6) is 0 Å². The highest BCUT2D eigenvalue weighted by Gasteiger charge is 2.56. The minimum Gasteiger partial charge on any atom is -0.352 e. The van der Waals surface area contributed by atoms with Crippen molar-refractivity contribution in [2.24, 2.45) is 5.41 Å². The molecule has 2 aliphatic rings. The number of carbonyl (C=O) groups is 2. The fourth-order valence-corrected chi connectivity index (χ4v) is 3.05. The van der Waals surface area contributed by atoms with Gasteiger partial charge in [0, 0.05) is 11.7 Å². The highest BCUT2D eigenvalue weighted by molar-refractivity contribution is 6.13. The molecule has 1 aromatic carbocycles. The lowest BCUT2D eigenvalue weighted by Gasteiger charge is -2.19. The van der Waals surface area contributed by atoms with Gasteiger partial charge in [-0.1, -0.05) is 25.0 Å². The number of aryl methyl sites for hydroxylation is 1. The van der Waals surface area contributed by atoms with E-state index in [4.69, 9.17) is 0 Å². The molecule has 0 aliphatic heterocycles. The molecule has 2 N–H and O–H groups in total. The monoisotopic (exact) mass is 286 g/mol. The van der Waals surface area contributed by atoms with Crippen LogP contribution in [0.15, 0.2) is 24.3 Å². The number of hydrogen-bond donors (Lipinski definition) is 2. The first-order valence-corrected chi connectivity index (χ1v) is 7.79. The second-order valence-corrected chi connectivity index (χ2v) is 6.36. The van der Waals surface area contributed by atoms with Crippen LogP contribution in [0.4, 0.5) is 5.69 Å². The van der Waals surface area contributed by atoms with E-state index in [0.29, 0.717) is 12.8 Å². The number of carbonyl (C=O) groups excluding carboxylic acids is 2. The number of amides is 2. The summed E-state index contributed by atoms with van der Waals surface area (Å²) in [5.74, 6) is -0.247. The van der Waals surface area contributed by atoms with E-state index in [9.17, 15) is 9.59 Å². The number of hydrogen-bond acceptors (Lipinski definition) is 2. The van der Waals surface area contributed by atoms with Gasteiger partial charge in [0.05, 0.1) is 0 Å². The predicted molar refractivity (Wildman–Crippen MR) is 81.9 cm³/mol. The van der Waals surface area contributed by atoms with Crippen molar-refractivity contribution in [3.8, 4) is 0 Å². The Morgan fingerprint density at radius 2 is 1.86 bits per heavy atom. The van der Waals surface area contributed by atoms with Crippen molar-refractivity contribution in [3.63, 3.8) is 0 Å². The molecule has 4 heteroatoms. The standard InChI is InChI=1S/C17H22N2O2/c1-12-5-4-8-14(11-12)19-16(21)17(9-10-17)15(20)18-13-6-2-3-7-13/h4-5,8,11,13H,2-3,6-7,9-10H2,1H3,(H,18,20)(H,19,21). The van der Waals surface area contributed by atoms with Gasteiger partial charge in [-0.05, 0) is 50.3 Å². The van der Waals surface area contributed by atoms with E-state index in [-0.39, 0.29) is 17.9 Å². The third-order valence-corrected chi connectivity index (χ3v) is 4.59. The van der Waals surface area contributed by atoms with Crippen molar-refractivity contribution in [1.82, 2.24) is 5.32 Å². The first-order valence-electron chi connectivity index (χ1n) is 7.79. The molecule has 2 amide bonds. The van der Waals surface area contributed by atoms with E-state index in [0.717, 1.165) is 24.1 Å². The van der Waals surface area contributed by atoms with Gasteiger partial charge in [-0.25, -0.2) is 0 Å². The molecule has 0 radical (unpaired) electrons. The summed E-state index contributed by atoms with van der Waals surface area (Å²) in [7, 11) is 0. The first kappa shape index (κ1) is 14.1. The molecule has 0 spiro atoms. The normalized spacial score (nSPS) is 20.0. The molecule has 3 rings (SSSR count). The van der Waals surface area contributed by atoms with E-state index >= 15 is 0 Å². The van der Waals surface area contributed by atoms with Gasteiger partial charge in [0.2, 0.25) is 11.8 Å². The van der Waals surface area contributed by atoms with Crippen LogP contribution in [0, 0.1) is 12.3 Å². The maximum absolute atomic E-state index is 12.5. The van der Waals surface area contributed by atoms with Crippen LogP contribution >= 0.6 is 0 Å². The summed E-state index contributed by atoms with van der Waals surface area (Å²) in [6.45, 7) is 1.98. The molecule has 0 unspecified atom stereocenters. The lowest BCUT2D eigenvalue weighted by molar-refractivity contribution is -0.134. The number of benzene rings is 1.